The summed E-state index contributed by atoms with van der Waals surface area (Å²) < 4.78 is 5.79. The van der Waals surface area contributed by atoms with E-state index in [2.05, 4.69) is 36.4 Å². The summed E-state index contributed by atoms with van der Waals surface area (Å²) in [6.45, 7) is 4.97. The highest BCUT2D eigenvalue weighted by atomic mass is 16.5. The van der Waals surface area contributed by atoms with Crippen molar-refractivity contribution >= 4 is 17.2 Å². The minimum Gasteiger partial charge on any atom is -0.494 e. The lowest BCUT2D eigenvalue weighted by atomic mass is 9.99. The van der Waals surface area contributed by atoms with Crippen LogP contribution >= 0.6 is 0 Å². The molecule has 0 spiro atoms. The molecule has 5 nitrogen and oxygen atoms in total. The van der Waals surface area contributed by atoms with Gasteiger partial charge in [0.05, 0.1) is 18.0 Å². The van der Waals surface area contributed by atoms with Crippen molar-refractivity contribution in [3.05, 3.63) is 89.2 Å². The van der Waals surface area contributed by atoms with E-state index in [0.29, 0.717) is 5.84 Å². The van der Waals surface area contributed by atoms with Crippen LogP contribution in [-0.4, -0.2) is 23.1 Å². The van der Waals surface area contributed by atoms with Crippen LogP contribution < -0.4 is 10.2 Å². The van der Waals surface area contributed by atoms with E-state index in [1.165, 1.54) is 0 Å². The molecule has 0 fully saturated rings. The third kappa shape index (κ3) is 4.35. The Balaban J connectivity index is 1.70. The third-order valence-electron chi connectivity index (χ3n) is 4.74. The van der Waals surface area contributed by atoms with Gasteiger partial charge in [-0.05, 0) is 61.9 Å². The number of nitrogens with one attached hydrogen (secondary N) is 1. The minimum atomic E-state index is 0.678. The fourth-order valence-electron chi connectivity index (χ4n) is 3.15. The summed E-state index contributed by atoms with van der Waals surface area (Å²) in [5.41, 5.74) is 8.93. The average Bonchev–Trinajstić information content (AvgIpc) is 2.95. The van der Waals surface area contributed by atoms with Crippen molar-refractivity contribution in [1.29, 1.82) is 0 Å². The molecule has 0 saturated heterocycles. The summed E-state index contributed by atoms with van der Waals surface area (Å²) in [6, 6.07) is 18.2. The van der Waals surface area contributed by atoms with Gasteiger partial charge in [-0.3, -0.25) is 10.4 Å². The molecule has 0 radical (unpaired) electrons. The molecule has 0 saturated carbocycles. The maximum absolute atomic E-state index is 5.79. The van der Waals surface area contributed by atoms with Crippen LogP contribution in [0, 0.1) is 6.92 Å². The zero-order valence-corrected chi connectivity index (χ0v) is 16.7. The molecule has 1 aromatic heterocycles. The van der Waals surface area contributed by atoms with Crippen LogP contribution in [0.4, 0.5) is 5.69 Å². The number of aliphatic imine (C=N–C) groups is 1. The summed E-state index contributed by atoms with van der Waals surface area (Å²) in [4.78, 5) is 9.01. The van der Waals surface area contributed by atoms with E-state index in [-0.39, 0.29) is 0 Å². The zero-order valence-electron chi connectivity index (χ0n) is 16.7. The number of unbranched alkanes of at least 4 members (excludes halogenated alkanes) is 1. The monoisotopic (exact) mass is 384 g/mol. The number of hydrogen-bond donors (Lipinski definition) is 1. The fraction of sp³-hybridized carbons (Fsp3) is 0.208. The molecule has 29 heavy (non-hydrogen) atoms. The van der Waals surface area contributed by atoms with Gasteiger partial charge in [-0.15, -0.1) is 0 Å². The molecule has 3 aromatic rings. The average molecular weight is 384 g/mol. The third-order valence-corrected chi connectivity index (χ3v) is 4.74. The molecule has 4 rings (SSSR count). The molecule has 2 aromatic carbocycles. The molecular formula is C24H24N4O. The summed E-state index contributed by atoms with van der Waals surface area (Å²) in [5, 5.41) is 4.71. The minimum absolute atomic E-state index is 0.678. The normalized spacial score (nSPS) is 12.9. The Kier molecular flexibility index (Phi) is 5.66. The first-order valence-electron chi connectivity index (χ1n) is 9.91. The van der Waals surface area contributed by atoms with Crippen molar-refractivity contribution in [2.24, 2.45) is 10.1 Å². The standard InChI is InChI=1S/C24H24N4O/c1-3-4-14-29-20-10-8-18(9-11-20)23-21-15-17(2)7-12-22(21)26-24(28-27-23)19-6-5-13-25-16-19/h5-13,15-16H,3-4,14H2,1-2H3,(H,26,28). The SMILES string of the molecule is CCCCOc1ccc(C2=NNC(c3cccnc3)=Nc3ccc(C)cc32)cc1. The molecule has 0 atom stereocenters. The Morgan fingerprint density at radius 2 is 1.86 bits per heavy atom. The second kappa shape index (κ2) is 8.69. The van der Waals surface area contributed by atoms with Gasteiger partial charge in [0.15, 0.2) is 5.84 Å². The molecule has 0 bridgehead atoms. The van der Waals surface area contributed by atoms with Crippen LogP contribution in [0.15, 0.2) is 77.1 Å². The molecule has 2 heterocycles. The molecule has 1 N–H and O–H groups in total. The van der Waals surface area contributed by atoms with Crippen molar-refractivity contribution in [2.75, 3.05) is 6.61 Å². The molecule has 5 heteroatoms. The molecule has 146 valence electrons. The number of aromatic nitrogens is 1. The Bertz CT molecular complexity index is 1040. The van der Waals surface area contributed by atoms with Gasteiger partial charge in [0.2, 0.25) is 0 Å². The summed E-state index contributed by atoms with van der Waals surface area (Å²) in [7, 11) is 0. The number of aryl methyl sites for hydroxylation is 1. The first kappa shape index (κ1) is 18.9. The van der Waals surface area contributed by atoms with Crippen LogP contribution in [0.3, 0.4) is 0 Å². The van der Waals surface area contributed by atoms with Crippen molar-refractivity contribution < 1.29 is 4.74 Å². The Morgan fingerprint density at radius 3 is 2.62 bits per heavy atom. The van der Waals surface area contributed by atoms with Crippen molar-refractivity contribution in [2.45, 2.75) is 26.7 Å². The number of ether oxygens (including phenoxy) is 1. The number of rotatable bonds is 6. The molecule has 1 aliphatic heterocycles. The van der Waals surface area contributed by atoms with Gasteiger partial charge in [0.1, 0.15) is 5.75 Å². The van der Waals surface area contributed by atoms with E-state index >= 15 is 0 Å². The number of nitrogens with zero attached hydrogens (tertiary/aromatic N) is 3. The van der Waals surface area contributed by atoms with E-state index in [9.17, 15) is 0 Å². The van der Waals surface area contributed by atoms with Crippen LogP contribution in [-0.2, 0) is 0 Å². The summed E-state index contributed by atoms with van der Waals surface area (Å²) in [5.74, 6) is 1.55. The van der Waals surface area contributed by atoms with E-state index in [1.54, 1.807) is 12.4 Å². The van der Waals surface area contributed by atoms with Crippen molar-refractivity contribution in [3.63, 3.8) is 0 Å². The van der Waals surface area contributed by atoms with Gasteiger partial charge in [-0.25, -0.2) is 4.99 Å². The molecule has 0 amide bonds. The number of hydrazone groups is 1. The van der Waals surface area contributed by atoms with Gasteiger partial charge in [0.25, 0.3) is 0 Å². The lowest BCUT2D eigenvalue weighted by molar-refractivity contribution is 0.309. The molecular weight excluding hydrogens is 360 g/mol. The van der Waals surface area contributed by atoms with E-state index < -0.39 is 0 Å². The number of fused-ring (bicyclic) bond motifs is 1. The van der Waals surface area contributed by atoms with E-state index in [4.69, 9.17) is 14.8 Å². The van der Waals surface area contributed by atoms with Crippen LogP contribution in [0.5, 0.6) is 5.75 Å². The Hall–Kier alpha value is -3.47. The summed E-state index contributed by atoms with van der Waals surface area (Å²) >= 11 is 0. The molecule has 1 aliphatic rings. The highest BCUT2D eigenvalue weighted by Crippen LogP contribution is 2.27. The lowest BCUT2D eigenvalue weighted by Gasteiger charge is -2.10. The Labute approximate surface area is 171 Å². The number of benzene rings is 2. The second-order valence-electron chi connectivity index (χ2n) is 7.02. The lowest BCUT2D eigenvalue weighted by Crippen LogP contribution is -2.19. The first-order valence-corrected chi connectivity index (χ1v) is 9.91. The highest BCUT2D eigenvalue weighted by Gasteiger charge is 2.17. The number of hydrogen-bond acceptors (Lipinski definition) is 5. The number of amidine groups is 1. The molecule has 0 unspecified atom stereocenters. The van der Waals surface area contributed by atoms with Crippen molar-refractivity contribution in [3.8, 4) is 5.75 Å². The van der Waals surface area contributed by atoms with Gasteiger partial charge in [-0.2, -0.15) is 5.10 Å². The summed E-state index contributed by atoms with van der Waals surface area (Å²) in [6.07, 6.45) is 5.70. The predicted octanol–water partition coefficient (Wildman–Crippen LogP) is 5.00. The maximum atomic E-state index is 5.79. The van der Waals surface area contributed by atoms with Gasteiger partial charge >= 0.3 is 0 Å². The second-order valence-corrected chi connectivity index (χ2v) is 7.02. The fourth-order valence-corrected chi connectivity index (χ4v) is 3.15. The topological polar surface area (TPSA) is 58.9 Å². The quantitative estimate of drug-likeness (QED) is 0.608. The molecule has 0 aliphatic carbocycles. The van der Waals surface area contributed by atoms with Gasteiger partial charge in [0, 0.05) is 29.1 Å². The van der Waals surface area contributed by atoms with E-state index in [0.717, 1.165) is 58.9 Å². The van der Waals surface area contributed by atoms with Crippen LogP contribution in [0.2, 0.25) is 0 Å². The number of pyridine rings is 1. The maximum Gasteiger partial charge on any atom is 0.155 e. The largest absolute Gasteiger partial charge is 0.494 e. The van der Waals surface area contributed by atoms with Gasteiger partial charge < -0.3 is 4.74 Å². The van der Waals surface area contributed by atoms with Gasteiger partial charge in [-0.1, -0.05) is 25.0 Å². The zero-order chi connectivity index (χ0) is 20.1. The van der Waals surface area contributed by atoms with Crippen LogP contribution in [0.25, 0.3) is 0 Å². The van der Waals surface area contributed by atoms with E-state index in [1.807, 2.05) is 42.5 Å². The first-order chi connectivity index (χ1) is 14.2. The Morgan fingerprint density at radius 1 is 1.00 bits per heavy atom. The smallest absolute Gasteiger partial charge is 0.155 e. The van der Waals surface area contributed by atoms with Crippen molar-refractivity contribution in [1.82, 2.24) is 10.4 Å². The predicted molar refractivity (Wildman–Crippen MR) is 117 cm³/mol. The highest BCUT2D eigenvalue weighted by molar-refractivity contribution is 6.18. The van der Waals surface area contributed by atoms with Crippen LogP contribution in [0.1, 0.15) is 42.0 Å².